The number of aromatic nitrogens is 2. The molecule has 1 aliphatic rings. The van der Waals surface area contributed by atoms with Crippen LogP contribution >= 0.6 is 0 Å². The fraction of sp³-hybridized carbons (Fsp3) is 0.556. The predicted molar refractivity (Wildman–Crippen MR) is 95.2 cm³/mol. The summed E-state index contributed by atoms with van der Waals surface area (Å²) in [4.78, 5) is 21.0. The Hall–Kier alpha value is -2.12. The van der Waals surface area contributed by atoms with Crippen LogP contribution in [-0.2, 0) is 4.74 Å². The molecular formula is C18H26N4O3. The molecule has 0 aliphatic carbocycles. The first-order chi connectivity index (χ1) is 12.1. The highest BCUT2D eigenvalue weighted by Crippen LogP contribution is 2.16. The lowest BCUT2D eigenvalue weighted by atomic mass is 10.2. The summed E-state index contributed by atoms with van der Waals surface area (Å²) in [6.07, 6.45) is 3.32. The van der Waals surface area contributed by atoms with Crippen molar-refractivity contribution in [3.8, 4) is 5.75 Å². The first-order valence-corrected chi connectivity index (χ1v) is 8.78. The molecule has 0 aromatic carbocycles. The maximum Gasteiger partial charge on any atom is 0.356 e. The smallest absolute Gasteiger partial charge is 0.356 e. The van der Waals surface area contributed by atoms with Crippen molar-refractivity contribution in [2.24, 2.45) is 0 Å². The van der Waals surface area contributed by atoms with Crippen molar-refractivity contribution >= 4 is 11.6 Å². The summed E-state index contributed by atoms with van der Waals surface area (Å²) >= 11 is 0. The van der Waals surface area contributed by atoms with Gasteiger partial charge in [-0.25, -0.2) is 9.78 Å². The zero-order chi connectivity index (χ0) is 17.8. The molecule has 25 heavy (non-hydrogen) atoms. The lowest BCUT2D eigenvalue weighted by Gasteiger charge is -2.37. The van der Waals surface area contributed by atoms with Crippen molar-refractivity contribution in [1.29, 1.82) is 0 Å². The predicted octanol–water partition coefficient (Wildman–Crippen LogP) is 1.53. The van der Waals surface area contributed by atoms with Crippen LogP contribution in [0.3, 0.4) is 0 Å². The van der Waals surface area contributed by atoms with E-state index in [4.69, 9.17) is 9.47 Å². The Labute approximate surface area is 148 Å². The van der Waals surface area contributed by atoms with Gasteiger partial charge in [0.15, 0.2) is 5.69 Å². The third-order valence-electron chi connectivity index (χ3n) is 4.69. The van der Waals surface area contributed by atoms with Gasteiger partial charge in [-0.3, -0.25) is 9.30 Å². The molecule has 7 nitrogen and oxygen atoms in total. The number of carbonyl (C=O) groups excluding carboxylic acids is 1. The summed E-state index contributed by atoms with van der Waals surface area (Å²) in [7, 11) is 2.17. The fourth-order valence-corrected chi connectivity index (χ4v) is 3.03. The summed E-state index contributed by atoms with van der Waals surface area (Å²) in [5, 5.41) is 0. The number of hydrogen-bond donors (Lipinski definition) is 0. The second-order valence-corrected chi connectivity index (χ2v) is 6.43. The molecule has 1 saturated heterocycles. The second kappa shape index (κ2) is 7.84. The topological polar surface area (TPSA) is 59.3 Å². The molecule has 3 heterocycles. The minimum absolute atomic E-state index is 0.345. The van der Waals surface area contributed by atoms with Gasteiger partial charge in [-0.2, -0.15) is 0 Å². The molecule has 0 radical (unpaired) electrons. The molecule has 0 amide bonds. The van der Waals surface area contributed by atoms with E-state index in [1.807, 2.05) is 12.1 Å². The largest absolute Gasteiger partial charge is 0.492 e. The van der Waals surface area contributed by atoms with E-state index in [2.05, 4.69) is 28.8 Å². The summed E-state index contributed by atoms with van der Waals surface area (Å²) in [6, 6.07) is 4.27. The van der Waals surface area contributed by atoms with Crippen LogP contribution in [0.5, 0.6) is 5.75 Å². The number of piperazine rings is 1. The molecule has 0 spiro atoms. The van der Waals surface area contributed by atoms with Gasteiger partial charge in [0, 0.05) is 44.5 Å². The van der Waals surface area contributed by atoms with Crippen molar-refractivity contribution in [2.75, 3.05) is 46.4 Å². The number of ether oxygens (including phenoxy) is 2. The Bertz CT molecular complexity index is 730. The maximum absolute atomic E-state index is 11.9. The minimum atomic E-state index is -0.368. The molecule has 3 rings (SSSR count). The number of carbonyl (C=O) groups is 1. The quantitative estimate of drug-likeness (QED) is 0.739. The average molecular weight is 346 g/mol. The average Bonchev–Trinajstić information content (AvgIpc) is 3.01. The van der Waals surface area contributed by atoms with Gasteiger partial charge in [-0.15, -0.1) is 0 Å². The SMILES string of the molecule is CCOC(=O)c1cnc2cc(OCCN3CCN(C)C(C)C3)ccn12. The van der Waals surface area contributed by atoms with Crippen LogP contribution in [0.25, 0.3) is 5.65 Å². The number of esters is 1. The van der Waals surface area contributed by atoms with Crippen LogP contribution in [0.2, 0.25) is 0 Å². The van der Waals surface area contributed by atoms with Crippen LogP contribution in [-0.4, -0.2) is 77.6 Å². The fourth-order valence-electron chi connectivity index (χ4n) is 3.03. The molecule has 7 heteroatoms. The Morgan fingerprint density at radius 1 is 1.40 bits per heavy atom. The molecule has 136 valence electrons. The van der Waals surface area contributed by atoms with E-state index < -0.39 is 0 Å². The van der Waals surface area contributed by atoms with Crippen molar-refractivity contribution in [1.82, 2.24) is 19.2 Å². The van der Waals surface area contributed by atoms with Gasteiger partial charge in [0.2, 0.25) is 0 Å². The molecule has 1 fully saturated rings. The van der Waals surface area contributed by atoms with Crippen LogP contribution < -0.4 is 4.74 Å². The van der Waals surface area contributed by atoms with Gasteiger partial charge in [-0.05, 0) is 27.0 Å². The molecule has 0 N–H and O–H groups in total. The first kappa shape index (κ1) is 17.7. The number of imidazole rings is 1. The zero-order valence-corrected chi connectivity index (χ0v) is 15.1. The lowest BCUT2D eigenvalue weighted by molar-refractivity contribution is 0.0518. The standard InChI is InChI=1S/C18H26N4O3/c1-4-24-18(23)16-12-19-17-11-15(5-6-22(16)17)25-10-9-21-8-7-20(3)14(2)13-21/h5-6,11-12,14H,4,7-10,13H2,1-3H3. The number of rotatable bonds is 6. The van der Waals surface area contributed by atoms with E-state index in [1.54, 1.807) is 17.5 Å². The number of likely N-dealkylation sites (N-methyl/N-ethyl adjacent to an activating group) is 1. The van der Waals surface area contributed by atoms with E-state index in [0.29, 0.717) is 30.6 Å². The van der Waals surface area contributed by atoms with Crippen molar-refractivity contribution in [3.63, 3.8) is 0 Å². The molecule has 2 aromatic rings. The van der Waals surface area contributed by atoms with Gasteiger partial charge in [-0.1, -0.05) is 0 Å². The number of pyridine rings is 1. The van der Waals surface area contributed by atoms with Crippen LogP contribution in [0, 0.1) is 0 Å². The van der Waals surface area contributed by atoms with Crippen LogP contribution in [0.1, 0.15) is 24.3 Å². The van der Waals surface area contributed by atoms with E-state index >= 15 is 0 Å². The minimum Gasteiger partial charge on any atom is -0.492 e. The molecule has 1 aliphatic heterocycles. The Morgan fingerprint density at radius 2 is 2.24 bits per heavy atom. The molecule has 2 aromatic heterocycles. The van der Waals surface area contributed by atoms with Crippen LogP contribution in [0.15, 0.2) is 24.5 Å². The molecule has 0 bridgehead atoms. The normalized spacial score (nSPS) is 19.2. The van der Waals surface area contributed by atoms with Gasteiger partial charge in [0.1, 0.15) is 18.0 Å². The number of fused-ring (bicyclic) bond motifs is 1. The third-order valence-corrected chi connectivity index (χ3v) is 4.69. The van der Waals surface area contributed by atoms with Crippen molar-refractivity contribution in [2.45, 2.75) is 19.9 Å². The van der Waals surface area contributed by atoms with E-state index in [-0.39, 0.29) is 5.97 Å². The Kier molecular flexibility index (Phi) is 5.55. The Balaban J connectivity index is 1.57. The number of hydrogen-bond acceptors (Lipinski definition) is 6. The molecule has 1 unspecified atom stereocenters. The van der Waals surface area contributed by atoms with E-state index in [9.17, 15) is 4.79 Å². The van der Waals surface area contributed by atoms with Gasteiger partial charge in [0.05, 0.1) is 12.8 Å². The van der Waals surface area contributed by atoms with Crippen LogP contribution in [0.4, 0.5) is 0 Å². The van der Waals surface area contributed by atoms with Gasteiger partial charge in [0.25, 0.3) is 0 Å². The van der Waals surface area contributed by atoms with Gasteiger partial charge < -0.3 is 14.4 Å². The second-order valence-electron chi connectivity index (χ2n) is 6.43. The zero-order valence-electron chi connectivity index (χ0n) is 15.1. The lowest BCUT2D eigenvalue weighted by Crippen LogP contribution is -2.50. The summed E-state index contributed by atoms with van der Waals surface area (Å²) in [5.41, 5.74) is 1.10. The molecule has 0 saturated carbocycles. The maximum atomic E-state index is 11.9. The summed E-state index contributed by atoms with van der Waals surface area (Å²) < 4.78 is 12.6. The number of nitrogens with zero attached hydrogens (tertiary/aromatic N) is 4. The van der Waals surface area contributed by atoms with Gasteiger partial charge >= 0.3 is 5.97 Å². The third kappa shape index (κ3) is 4.11. The molecule has 1 atom stereocenters. The summed E-state index contributed by atoms with van der Waals surface area (Å²) in [6.45, 7) is 9.17. The molecular weight excluding hydrogens is 320 g/mol. The van der Waals surface area contributed by atoms with E-state index in [0.717, 1.165) is 31.9 Å². The highest BCUT2D eigenvalue weighted by Gasteiger charge is 2.20. The first-order valence-electron chi connectivity index (χ1n) is 8.78. The van der Waals surface area contributed by atoms with Crippen molar-refractivity contribution in [3.05, 3.63) is 30.2 Å². The summed E-state index contributed by atoms with van der Waals surface area (Å²) in [5.74, 6) is 0.392. The van der Waals surface area contributed by atoms with Crippen molar-refractivity contribution < 1.29 is 14.3 Å². The van der Waals surface area contributed by atoms with E-state index in [1.165, 1.54) is 6.20 Å². The highest BCUT2D eigenvalue weighted by molar-refractivity contribution is 5.88. The highest BCUT2D eigenvalue weighted by atomic mass is 16.5. The Morgan fingerprint density at radius 3 is 3.00 bits per heavy atom. The monoisotopic (exact) mass is 346 g/mol.